The Labute approximate surface area is 176 Å². The third kappa shape index (κ3) is 4.97. The summed E-state index contributed by atoms with van der Waals surface area (Å²) in [6, 6.07) is 13.5. The molecule has 7 nitrogen and oxygen atoms in total. The van der Waals surface area contributed by atoms with Crippen LogP contribution in [-0.4, -0.2) is 41.5 Å². The van der Waals surface area contributed by atoms with Gasteiger partial charge in [0.2, 0.25) is 5.91 Å². The standard InChI is InChI=1S/C23H27N5O2/c24-21-8-6-17(12-26-21)7-9-22(29)25-11-10-18-19-14-28(15-20(18)19)23(30)27-13-16-4-2-1-3-5-16/h1-9,12,18-20H,10-11,13-15H2,(H2,24,26)(H,25,29)(H,27,30)/b9-7+/t18?,19-,20+. The van der Waals surface area contributed by atoms with Crippen LogP contribution in [0.25, 0.3) is 6.08 Å². The number of nitrogens with zero attached hydrogens (tertiary/aromatic N) is 2. The van der Waals surface area contributed by atoms with E-state index in [4.69, 9.17) is 5.73 Å². The van der Waals surface area contributed by atoms with Gasteiger partial charge in [-0.2, -0.15) is 0 Å². The van der Waals surface area contributed by atoms with Gasteiger partial charge in [0, 0.05) is 38.5 Å². The molecule has 0 radical (unpaired) electrons. The van der Waals surface area contributed by atoms with E-state index >= 15 is 0 Å². The molecular formula is C23H27N5O2. The number of piperidine rings is 1. The van der Waals surface area contributed by atoms with E-state index in [0.717, 1.165) is 30.6 Å². The molecule has 2 aliphatic rings. The Kier molecular flexibility index (Phi) is 5.97. The van der Waals surface area contributed by atoms with E-state index in [1.165, 1.54) is 6.08 Å². The van der Waals surface area contributed by atoms with Crippen LogP contribution in [0.1, 0.15) is 17.5 Å². The highest BCUT2D eigenvalue weighted by atomic mass is 16.2. The van der Waals surface area contributed by atoms with Gasteiger partial charge in [-0.3, -0.25) is 4.79 Å². The lowest BCUT2D eigenvalue weighted by Crippen LogP contribution is -2.39. The quantitative estimate of drug-likeness (QED) is 0.615. The molecule has 2 heterocycles. The number of hydrogen-bond acceptors (Lipinski definition) is 4. The molecule has 156 valence electrons. The van der Waals surface area contributed by atoms with Gasteiger partial charge in [0.15, 0.2) is 0 Å². The Hall–Kier alpha value is -3.35. The van der Waals surface area contributed by atoms with Crippen LogP contribution in [0.15, 0.2) is 54.7 Å². The summed E-state index contributed by atoms with van der Waals surface area (Å²) in [5, 5.41) is 5.93. The number of amides is 3. The molecule has 4 N–H and O–H groups in total. The average Bonchev–Trinajstić information content (AvgIpc) is 3.20. The zero-order valence-corrected chi connectivity index (χ0v) is 16.8. The number of anilines is 1. The van der Waals surface area contributed by atoms with Crippen molar-refractivity contribution in [2.75, 3.05) is 25.4 Å². The average molecular weight is 406 g/mol. The highest BCUT2D eigenvalue weighted by Crippen LogP contribution is 2.53. The number of urea groups is 1. The van der Waals surface area contributed by atoms with Crippen molar-refractivity contribution >= 4 is 23.8 Å². The maximum absolute atomic E-state index is 12.3. The van der Waals surface area contributed by atoms with Crippen molar-refractivity contribution in [1.82, 2.24) is 20.5 Å². The Morgan fingerprint density at radius 3 is 2.57 bits per heavy atom. The molecule has 1 unspecified atom stereocenters. The fraction of sp³-hybridized carbons (Fsp3) is 0.348. The molecule has 30 heavy (non-hydrogen) atoms. The van der Waals surface area contributed by atoms with Crippen molar-refractivity contribution in [2.45, 2.75) is 13.0 Å². The number of nitrogen functional groups attached to an aromatic ring is 1. The monoisotopic (exact) mass is 405 g/mol. The summed E-state index contributed by atoms with van der Waals surface area (Å²) in [6.07, 6.45) is 5.82. The minimum absolute atomic E-state index is 0.0143. The van der Waals surface area contributed by atoms with Gasteiger partial charge in [-0.05, 0) is 53.5 Å². The van der Waals surface area contributed by atoms with E-state index in [1.807, 2.05) is 41.3 Å². The Balaban J connectivity index is 1.12. The summed E-state index contributed by atoms with van der Waals surface area (Å²) in [5.41, 5.74) is 7.48. The summed E-state index contributed by atoms with van der Waals surface area (Å²) in [4.78, 5) is 30.2. The van der Waals surface area contributed by atoms with Gasteiger partial charge < -0.3 is 21.3 Å². The molecule has 1 aromatic heterocycles. The predicted molar refractivity (Wildman–Crippen MR) is 116 cm³/mol. The van der Waals surface area contributed by atoms with Gasteiger partial charge >= 0.3 is 6.03 Å². The minimum atomic E-state index is -0.112. The maximum atomic E-state index is 12.3. The van der Waals surface area contributed by atoms with Crippen LogP contribution in [-0.2, 0) is 11.3 Å². The van der Waals surface area contributed by atoms with E-state index in [-0.39, 0.29) is 11.9 Å². The molecule has 0 bridgehead atoms. The van der Waals surface area contributed by atoms with E-state index in [0.29, 0.717) is 36.7 Å². The first-order chi connectivity index (χ1) is 14.6. The second kappa shape index (κ2) is 8.98. The molecule has 2 aromatic rings. The molecule has 3 atom stereocenters. The number of carbonyl (C=O) groups excluding carboxylic acids is 2. The molecule has 1 saturated carbocycles. The van der Waals surface area contributed by atoms with Crippen LogP contribution < -0.4 is 16.4 Å². The first kappa shape index (κ1) is 19.9. The molecular weight excluding hydrogens is 378 g/mol. The first-order valence-corrected chi connectivity index (χ1v) is 10.3. The van der Waals surface area contributed by atoms with Gasteiger partial charge in [0.25, 0.3) is 0 Å². The summed E-state index contributed by atoms with van der Waals surface area (Å²) in [5.74, 6) is 2.09. The van der Waals surface area contributed by atoms with E-state index < -0.39 is 0 Å². The Morgan fingerprint density at radius 1 is 1.10 bits per heavy atom. The highest BCUT2D eigenvalue weighted by molar-refractivity contribution is 5.91. The minimum Gasteiger partial charge on any atom is -0.384 e. The molecule has 1 saturated heterocycles. The molecule has 0 spiro atoms. The van der Waals surface area contributed by atoms with Gasteiger partial charge in [-0.25, -0.2) is 9.78 Å². The number of aromatic nitrogens is 1. The highest BCUT2D eigenvalue weighted by Gasteiger charge is 2.55. The zero-order chi connectivity index (χ0) is 20.9. The van der Waals surface area contributed by atoms with Crippen molar-refractivity contribution in [1.29, 1.82) is 0 Å². The Morgan fingerprint density at radius 2 is 1.87 bits per heavy atom. The number of likely N-dealkylation sites (tertiary alicyclic amines) is 1. The molecule has 7 heteroatoms. The van der Waals surface area contributed by atoms with Crippen LogP contribution in [0, 0.1) is 17.8 Å². The third-order valence-corrected chi connectivity index (χ3v) is 5.96. The van der Waals surface area contributed by atoms with Gasteiger partial charge in [0.1, 0.15) is 5.82 Å². The van der Waals surface area contributed by atoms with Crippen LogP contribution in [0.4, 0.5) is 10.6 Å². The molecule has 1 aliphatic heterocycles. The topological polar surface area (TPSA) is 100 Å². The van der Waals surface area contributed by atoms with Crippen molar-refractivity contribution in [3.63, 3.8) is 0 Å². The maximum Gasteiger partial charge on any atom is 0.317 e. The van der Waals surface area contributed by atoms with Crippen LogP contribution in [0.2, 0.25) is 0 Å². The van der Waals surface area contributed by atoms with Crippen molar-refractivity contribution in [3.05, 3.63) is 65.9 Å². The molecule has 1 aliphatic carbocycles. The number of pyridine rings is 1. The predicted octanol–water partition coefficient (Wildman–Crippen LogP) is 2.27. The summed E-state index contributed by atoms with van der Waals surface area (Å²) >= 11 is 0. The van der Waals surface area contributed by atoms with Crippen LogP contribution in [0.3, 0.4) is 0 Å². The van der Waals surface area contributed by atoms with Gasteiger partial charge in [-0.1, -0.05) is 30.3 Å². The van der Waals surface area contributed by atoms with Gasteiger partial charge in [-0.15, -0.1) is 0 Å². The first-order valence-electron chi connectivity index (χ1n) is 10.3. The largest absolute Gasteiger partial charge is 0.384 e. The summed E-state index contributed by atoms with van der Waals surface area (Å²) in [7, 11) is 0. The lowest BCUT2D eigenvalue weighted by Gasteiger charge is -2.20. The number of nitrogens with one attached hydrogen (secondary N) is 2. The smallest absolute Gasteiger partial charge is 0.317 e. The van der Waals surface area contributed by atoms with Crippen molar-refractivity contribution in [3.8, 4) is 0 Å². The molecule has 1 aromatic carbocycles. The third-order valence-electron chi connectivity index (χ3n) is 5.96. The Bertz CT molecular complexity index is 901. The number of rotatable bonds is 7. The molecule has 3 amide bonds. The molecule has 4 rings (SSSR count). The van der Waals surface area contributed by atoms with Crippen molar-refractivity contribution < 1.29 is 9.59 Å². The second-order valence-corrected chi connectivity index (χ2v) is 7.97. The number of nitrogens with two attached hydrogens (primary N) is 1. The summed E-state index contributed by atoms with van der Waals surface area (Å²) < 4.78 is 0. The van der Waals surface area contributed by atoms with Crippen LogP contribution >= 0.6 is 0 Å². The second-order valence-electron chi connectivity index (χ2n) is 7.97. The lowest BCUT2D eigenvalue weighted by molar-refractivity contribution is -0.116. The zero-order valence-electron chi connectivity index (χ0n) is 16.8. The van der Waals surface area contributed by atoms with Crippen LogP contribution in [0.5, 0.6) is 0 Å². The van der Waals surface area contributed by atoms with E-state index in [1.54, 1.807) is 18.3 Å². The lowest BCUT2D eigenvalue weighted by atomic mass is 10.2. The van der Waals surface area contributed by atoms with Crippen molar-refractivity contribution in [2.24, 2.45) is 17.8 Å². The molecule has 2 fully saturated rings. The number of benzene rings is 1. The summed E-state index contributed by atoms with van der Waals surface area (Å²) in [6.45, 7) is 2.84. The number of fused-ring (bicyclic) bond motifs is 1. The fourth-order valence-corrected chi connectivity index (χ4v) is 4.24. The SMILES string of the molecule is Nc1ccc(/C=C/C(=O)NCCC2[C@H]3CN(C(=O)NCc4ccccc4)C[C@@H]23)cn1. The fourth-order valence-electron chi connectivity index (χ4n) is 4.24. The van der Waals surface area contributed by atoms with E-state index in [2.05, 4.69) is 15.6 Å². The normalized spacial score (nSPS) is 22.0. The number of carbonyl (C=O) groups is 2. The number of hydrogen-bond donors (Lipinski definition) is 3. The van der Waals surface area contributed by atoms with Gasteiger partial charge in [0.05, 0.1) is 0 Å². The van der Waals surface area contributed by atoms with E-state index in [9.17, 15) is 9.59 Å².